The van der Waals surface area contributed by atoms with E-state index in [1.165, 1.54) is 29.5 Å². The molecule has 140 valence electrons. The molecule has 0 saturated carbocycles. The van der Waals surface area contributed by atoms with Crippen molar-refractivity contribution in [2.75, 3.05) is 5.32 Å². The summed E-state index contributed by atoms with van der Waals surface area (Å²) in [6, 6.07) is 14.1. The molecule has 26 heavy (non-hydrogen) atoms. The van der Waals surface area contributed by atoms with Crippen molar-refractivity contribution in [1.29, 1.82) is 0 Å². The van der Waals surface area contributed by atoms with Crippen LogP contribution < -0.4 is 10.1 Å². The summed E-state index contributed by atoms with van der Waals surface area (Å²) in [6.07, 6.45) is 2.89. The number of hydrogen-bond acceptors (Lipinski definition) is 2. The first-order valence-electron chi connectivity index (χ1n) is 9.57. The molecular formula is C23H31NO2. The third kappa shape index (κ3) is 5.62. The van der Waals surface area contributed by atoms with Gasteiger partial charge >= 0.3 is 0 Å². The van der Waals surface area contributed by atoms with Crippen molar-refractivity contribution in [3.8, 4) is 5.75 Å². The maximum absolute atomic E-state index is 12.4. The number of aryl methyl sites for hydroxylation is 2. The molecule has 1 unspecified atom stereocenters. The van der Waals surface area contributed by atoms with Gasteiger partial charge in [-0.3, -0.25) is 4.79 Å². The highest BCUT2D eigenvalue weighted by atomic mass is 16.5. The van der Waals surface area contributed by atoms with Crippen LogP contribution in [0.4, 0.5) is 5.69 Å². The van der Waals surface area contributed by atoms with Crippen LogP contribution in [-0.2, 0) is 11.2 Å². The molecule has 0 fully saturated rings. The summed E-state index contributed by atoms with van der Waals surface area (Å²) in [6.45, 7) is 10.4. The molecule has 3 nitrogen and oxygen atoms in total. The van der Waals surface area contributed by atoms with Gasteiger partial charge in [0.25, 0.3) is 5.91 Å². The normalized spacial score (nSPS) is 12.1. The molecule has 0 radical (unpaired) electrons. The highest BCUT2D eigenvalue weighted by Gasteiger charge is 2.15. The lowest BCUT2D eigenvalue weighted by Gasteiger charge is -2.17. The molecule has 0 aliphatic rings. The number of hydrogen-bond donors (Lipinski definition) is 1. The van der Waals surface area contributed by atoms with Crippen molar-refractivity contribution >= 4 is 11.6 Å². The fourth-order valence-electron chi connectivity index (χ4n) is 3.01. The van der Waals surface area contributed by atoms with Crippen molar-refractivity contribution in [2.24, 2.45) is 0 Å². The molecule has 1 amide bonds. The second-order valence-electron chi connectivity index (χ2n) is 7.22. The highest BCUT2D eigenvalue weighted by molar-refractivity contribution is 5.94. The van der Waals surface area contributed by atoms with Crippen LogP contribution in [0.15, 0.2) is 42.5 Å². The molecular weight excluding hydrogens is 322 g/mol. The average molecular weight is 354 g/mol. The predicted octanol–water partition coefficient (Wildman–Crippen LogP) is 5.87. The zero-order valence-corrected chi connectivity index (χ0v) is 16.6. The summed E-state index contributed by atoms with van der Waals surface area (Å²) in [7, 11) is 0. The Morgan fingerprint density at radius 2 is 1.77 bits per heavy atom. The first kappa shape index (κ1) is 20.0. The summed E-state index contributed by atoms with van der Waals surface area (Å²) in [5, 5.41) is 2.93. The third-order valence-corrected chi connectivity index (χ3v) is 4.59. The van der Waals surface area contributed by atoms with Gasteiger partial charge in [-0.1, -0.05) is 45.4 Å². The van der Waals surface area contributed by atoms with E-state index in [0.717, 1.165) is 17.9 Å². The Morgan fingerprint density at radius 1 is 1.08 bits per heavy atom. The number of rotatable bonds is 8. The SMILES string of the molecule is CCCCc1ccc(NC(=O)C(C)Oc2ccc(C(C)C)c(C)c2)cc1. The molecule has 2 rings (SSSR count). The Bertz CT molecular complexity index is 719. The summed E-state index contributed by atoms with van der Waals surface area (Å²) in [5.41, 5.74) is 4.59. The minimum atomic E-state index is -0.556. The van der Waals surface area contributed by atoms with Crippen molar-refractivity contribution < 1.29 is 9.53 Å². The zero-order chi connectivity index (χ0) is 19.1. The van der Waals surface area contributed by atoms with Crippen LogP contribution >= 0.6 is 0 Å². The minimum absolute atomic E-state index is 0.142. The smallest absolute Gasteiger partial charge is 0.265 e. The molecule has 0 saturated heterocycles. The maximum Gasteiger partial charge on any atom is 0.265 e. The first-order chi connectivity index (χ1) is 12.4. The molecule has 0 spiro atoms. The fourth-order valence-corrected chi connectivity index (χ4v) is 3.01. The maximum atomic E-state index is 12.4. The molecule has 0 aliphatic carbocycles. The molecule has 2 aromatic carbocycles. The molecule has 1 N–H and O–H groups in total. The van der Waals surface area contributed by atoms with Gasteiger partial charge in [-0.15, -0.1) is 0 Å². The number of unbranched alkanes of at least 4 members (excludes halogenated alkanes) is 1. The van der Waals surface area contributed by atoms with Crippen LogP contribution in [-0.4, -0.2) is 12.0 Å². The van der Waals surface area contributed by atoms with E-state index in [1.807, 2.05) is 24.3 Å². The second kappa shape index (κ2) is 9.42. The van der Waals surface area contributed by atoms with Crippen LogP contribution in [0.25, 0.3) is 0 Å². The Hall–Kier alpha value is -2.29. The lowest BCUT2D eigenvalue weighted by Crippen LogP contribution is -2.30. The van der Waals surface area contributed by atoms with E-state index in [9.17, 15) is 4.79 Å². The summed E-state index contributed by atoms with van der Waals surface area (Å²) in [4.78, 5) is 12.4. The lowest BCUT2D eigenvalue weighted by molar-refractivity contribution is -0.122. The van der Waals surface area contributed by atoms with Crippen LogP contribution in [0.3, 0.4) is 0 Å². The number of anilines is 1. The van der Waals surface area contributed by atoms with E-state index < -0.39 is 6.10 Å². The van der Waals surface area contributed by atoms with Gasteiger partial charge in [0, 0.05) is 5.69 Å². The summed E-state index contributed by atoms with van der Waals surface area (Å²) >= 11 is 0. The predicted molar refractivity (Wildman–Crippen MR) is 109 cm³/mol. The largest absolute Gasteiger partial charge is 0.481 e. The van der Waals surface area contributed by atoms with E-state index in [1.54, 1.807) is 6.92 Å². The van der Waals surface area contributed by atoms with Gasteiger partial charge in [-0.05, 0) is 73.6 Å². The van der Waals surface area contributed by atoms with E-state index in [4.69, 9.17) is 4.74 Å². The Labute approximate surface area is 157 Å². The van der Waals surface area contributed by atoms with Crippen LogP contribution in [0.2, 0.25) is 0 Å². The summed E-state index contributed by atoms with van der Waals surface area (Å²) in [5.74, 6) is 1.06. The quantitative estimate of drug-likeness (QED) is 0.645. The van der Waals surface area contributed by atoms with Crippen molar-refractivity contribution in [1.82, 2.24) is 0 Å². The standard InChI is InChI=1S/C23H31NO2/c1-6-7-8-19-9-11-20(12-10-19)24-23(25)18(5)26-21-13-14-22(16(2)3)17(4)15-21/h9-16,18H,6-8H2,1-5H3,(H,24,25). The highest BCUT2D eigenvalue weighted by Crippen LogP contribution is 2.24. The van der Waals surface area contributed by atoms with Gasteiger partial charge in [-0.2, -0.15) is 0 Å². The van der Waals surface area contributed by atoms with Crippen LogP contribution in [0, 0.1) is 6.92 Å². The number of nitrogens with one attached hydrogen (secondary N) is 1. The molecule has 0 aliphatic heterocycles. The number of ether oxygens (including phenoxy) is 1. The van der Waals surface area contributed by atoms with Gasteiger partial charge in [0.05, 0.1) is 0 Å². The van der Waals surface area contributed by atoms with Crippen LogP contribution in [0.5, 0.6) is 5.75 Å². The number of carbonyl (C=O) groups excluding carboxylic acids is 1. The average Bonchev–Trinajstić information content (AvgIpc) is 2.60. The fraction of sp³-hybridized carbons (Fsp3) is 0.435. The molecule has 3 heteroatoms. The molecule has 0 aromatic heterocycles. The Kier molecular flexibility index (Phi) is 7.26. The van der Waals surface area contributed by atoms with E-state index in [0.29, 0.717) is 5.92 Å². The van der Waals surface area contributed by atoms with Gasteiger partial charge in [0.15, 0.2) is 6.10 Å². The van der Waals surface area contributed by atoms with Crippen molar-refractivity contribution in [3.63, 3.8) is 0 Å². The summed E-state index contributed by atoms with van der Waals surface area (Å²) < 4.78 is 5.83. The van der Waals surface area contributed by atoms with Gasteiger partial charge in [-0.25, -0.2) is 0 Å². The van der Waals surface area contributed by atoms with Crippen LogP contribution in [0.1, 0.15) is 63.1 Å². The molecule has 1 atom stereocenters. The second-order valence-corrected chi connectivity index (χ2v) is 7.22. The number of amides is 1. The van der Waals surface area contributed by atoms with E-state index >= 15 is 0 Å². The Balaban J connectivity index is 1.94. The number of carbonyl (C=O) groups is 1. The number of benzene rings is 2. The van der Waals surface area contributed by atoms with Gasteiger partial charge < -0.3 is 10.1 Å². The monoisotopic (exact) mass is 353 g/mol. The first-order valence-corrected chi connectivity index (χ1v) is 9.57. The van der Waals surface area contributed by atoms with Gasteiger partial charge in [0.2, 0.25) is 0 Å². The molecule has 2 aromatic rings. The van der Waals surface area contributed by atoms with Crippen molar-refractivity contribution in [3.05, 3.63) is 59.2 Å². The van der Waals surface area contributed by atoms with E-state index in [2.05, 4.69) is 51.2 Å². The molecule has 0 bridgehead atoms. The van der Waals surface area contributed by atoms with Gasteiger partial charge in [0.1, 0.15) is 5.75 Å². The minimum Gasteiger partial charge on any atom is -0.481 e. The topological polar surface area (TPSA) is 38.3 Å². The van der Waals surface area contributed by atoms with E-state index in [-0.39, 0.29) is 5.91 Å². The zero-order valence-electron chi connectivity index (χ0n) is 16.6. The third-order valence-electron chi connectivity index (χ3n) is 4.59. The Morgan fingerprint density at radius 3 is 2.35 bits per heavy atom. The van der Waals surface area contributed by atoms with Crippen molar-refractivity contribution in [2.45, 2.75) is 65.9 Å². The lowest BCUT2D eigenvalue weighted by atomic mass is 9.98. The molecule has 0 heterocycles.